The van der Waals surface area contributed by atoms with Gasteiger partial charge in [0.2, 0.25) is 0 Å². The third kappa shape index (κ3) is 14.7. The summed E-state index contributed by atoms with van der Waals surface area (Å²) in [6, 6.07) is 0. The molecule has 0 spiro atoms. The number of imidazole rings is 2. The molecule has 18 heteroatoms. The van der Waals surface area contributed by atoms with Gasteiger partial charge in [-0.25, -0.2) is 18.3 Å². The second-order valence-corrected chi connectivity index (χ2v) is 10.8. The number of hydrogen-bond donors (Lipinski definition) is 2. The quantitative estimate of drug-likeness (QED) is 0.377. The Labute approximate surface area is 219 Å². The van der Waals surface area contributed by atoms with Crippen LogP contribution in [0.4, 0.5) is 26.3 Å². The Morgan fingerprint density at radius 2 is 1.00 bits per heavy atom. The van der Waals surface area contributed by atoms with Crippen molar-refractivity contribution < 1.29 is 53.0 Å². The number of nitrogens with zero attached hydrogens (tertiary/aromatic N) is 4. The molecule has 2 aromatic heterocycles. The van der Waals surface area contributed by atoms with E-state index in [9.17, 15) is 43.9 Å². The standard InChI is InChI=1S/2C9H17N2.2CH2F3NO2S/c2*1-4-5-6-11-8-7-10(3)9(11)2;2*2-1(3,4)8(5,6)7/h2*7-8H,4-6H2,1-3H3;2*(H2,5,6,7)/q2*+1;;/p-2. The molecule has 0 saturated heterocycles. The van der Waals surface area contributed by atoms with Crippen molar-refractivity contribution in [1.82, 2.24) is 9.13 Å². The van der Waals surface area contributed by atoms with E-state index in [0.717, 1.165) is 13.1 Å². The first-order chi connectivity index (χ1) is 17.0. The van der Waals surface area contributed by atoms with E-state index in [1.165, 1.54) is 37.3 Å². The second-order valence-electron chi connectivity index (χ2n) is 7.90. The van der Waals surface area contributed by atoms with Crippen molar-refractivity contribution in [3.8, 4) is 0 Å². The zero-order valence-electron chi connectivity index (χ0n) is 22.1. The van der Waals surface area contributed by atoms with Crippen molar-refractivity contribution in [3.05, 3.63) is 36.4 Å². The van der Waals surface area contributed by atoms with Gasteiger partial charge in [0.25, 0.3) is 11.6 Å². The Morgan fingerprint density at radius 3 is 1.13 bits per heavy atom. The van der Waals surface area contributed by atoms with E-state index >= 15 is 0 Å². The van der Waals surface area contributed by atoms with Gasteiger partial charge >= 0.3 is 11.0 Å². The van der Waals surface area contributed by atoms with E-state index in [2.05, 4.69) is 84.8 Å². The van der Waals surface area contributed by atoms with E-state index in [1.54, 1.807) is 0 Å². The smallest absolute Gasteiger partial charge is 0.466 e. The van der Waals surface area contributed by atoms with Crippen LogP contribution in [0.2, 0.25) is 0 Å². The maximum absolute atomic E-state index is 10.8. The maximum atomic E-state index is 10.8. The molecular weight excluding hydrogens is 566 g/mol. The molecule has 224 valence electrons. The number of hydrogen-bond acceptors (Lipinski definition) is 6. The Hall–Kier alpha value is -2.18. The third-order valence-electron chi connectivity index (χ3n) is 4.91. The van der Waals surface area contributed by atoms with E-state index < -0.39 is 31.0 Å². The molecule has 2 unspecified atom stereocenters. The van der Waals surface area contributed by atoms with Crippen molar-refractivity contribution in [1.29, 1.82) is 9.56 Å². The fourth-order valence-corrected chi connectivity index (χ4v) is 2.33. The summed E-state index contributed by atoms with van der Waals surface area (Å²) in [6.45, 7) is 11.1. The van der Waals surface area contributed by atoms with Gasteiger partial charge in [0.05, 0.1) is 47.2 Å². The molecule has 2 atom stereocenters. The van der Waals surface area contributed by atoms with Crippen molar-refractivity contribution in [2.45, 2.75) is 77.5 Å². The molecule has 0 bridgehead atoms. The summed E-state index contributed by atoms with van der Waals surface area (Å²) in [5.41, 5.74) is -10.8. The molecule has 2 aromatic rings. The average Bonchev–Trinajstić information content (AvgIpc) is 3.24. The highest BCUT2D eigenvalue weighted by Gasteiger charge is 2.34. The lowest BCUT2D eigenvalue weighted by Crippen LogP contribution is -2.29. The molecule has 0 radical (unpaired) electrons. The third-order valence-corrected chi connectivity index (χ3v) is 6.13. The van der Waals surface area contributed by atoms with E-state index in [-0.39, 0.29) is 0 Å². The lowest BCUT2D eigenvalue weighted by atomic mass is 10.3. The molecule has 0 amide bonds. The number of halogens is 6. The van der Waals surface area contributed by atoms with Gasteiger partial charge in [-0.1, -0.05) is 26.7 Å². The molecule has 2 N–H and O–H groups in total. The first-order valence-corrected chi connectivity index (χ1v) is 14.1. The molecule has 2 heterocycles. The molecule has 0 aliphatic carbocycles. The normalized spacial score (nSPS) is 14.5. The minimum absolute atomic E-state index is 1.16. The summed E-state index contributed by atoms with van der Waals surface area (Å²) in [5.74, 6) is 2.66. The zero-order valence-corrected chi connectivity index (χ0v) is 23.7. The van der Waals surface area contributed by atoms with Crippen LogP contribution in [-0.4, -0.2) is 37.7 Å². The van der Waals surface area contributed by atoms with Crippen LogP contribution < -0.4 is 9.13 Å². The van der Waals surface area contributed by atoms with Gasteiger partial charge in [0.1, 0.15) is 24.8 Å². The van der Waals surface area contributed by atoms with Crippen LogP contribution in [-0.2, 0) is 47.2 Å². The molecule has 0 saturated carbocycles. The largest absolute Gasteiger partial charge is 0.758 e. The molecule has 38 heavy (non-hydrogen) atoms. The SMILES string of the molecule is CCCCn1cc[n+](C)c1C.CCCCn1cc[n+](C)c1C.N=S(=O)([O-])C(F)(F)F.N=S(=O)([O-])C(F)(F)F. The minimum Gasteiger partial charge on any atom is -0.758 e. The van der Waals surface area contributed by atoms with Crippen LogP contribution in [0.15, 0.2) is 24.8 Å². The molecule has 0 aromatic carbocycles. The number of aromatic nitrogens is 4. The number of alkyl halides is 6. The van der Waals surface area contributed by atoms with Crippen molar-refractivity contribution in [2.75, 3.05) is 0 Å². The highest BCUT2D eigenvalue weighted by molar-refractivity contribution is 7.87. The average molecular weight is 603 g/mol. The summed E-state index contributed by atoms with van der Waals surface area (Å²) in [7, 11) is -7.02. The van der Waals surface area contributed by atoms with Crippen molar-refractivity contribution >= 4 is 20.0 Å². The fraction of sp³-hybridized carbons (Fsp3) is 0.700. The number of rotatable bonds is 6. The van der Waals surface area contributed by atoms with Gasteiger partial charge < -0.3 is 9.11 Å². The predicted molar refractivity (Wildman–Crippen MR) is 126 cm³/mol. The van der Waals surface area contributed by atoms with Gasteiger partial charge in [-0.05, 0) is 12.8 Å². The summed E-state index contributed by atoms with van der Waals surface area (Å²) >= 11 is 0. The van der Waals surface area contributed by atoms with Gasteiger partial charge in [0.15, 0.2) is 0 Å². The van der Waals surface area contributed by atoms with Crippen LogP contribution >= 0.6 is 0 Å². The van der Waals surface area contributed by atoms with Crippen LogP contribution in [0.1, 0.15) is 51.2 Å². The number of unbranched alkanes of at least 4 members (excludes halogenated alkanes) is 2. The summed E-state index contributed by atoms with van der Waals surface area (Å²) in [4.78, 5) is 0. The highest BCUT2D eigenvalue weighted by atomic mass is 32.2. The Balaban J connectivity index is 0. The first-order valence-electron chi connectivity index (χ1n) is 11.2. The van der Waals surface area contributed by atoms with E-state index in [4.69, 9.17) is 9.56 Å². The Morgan fingerprint density at radius 1 is 0.763 bits per heavy atom. The molecule has 10 nitrogen and oxygen atoms in total. The van der Waals surface area contributed by atoms with Crippen LogP contribution in [0.3, 0.4) is 0 Å². The zero-order chi connectivity index (χ0) is 30.5. The van der Waals surface area contributed by atoms with Gasteiger partial charge in [0, 0.05) is 13.8 Å². The van der Waals surface area contributed by atoms with Gasteiger partial charge in [-0.3, -0.25) is 18.0 Å². The number of aryl methyl sites for hydroxylation is 4. The number of nitrogens with one attached hydrogen (secondary N) is 2. The van der Waals surface area contributed by atoms with Crippen LogP contribution in [0.5, 0.6) is 0 Å². The van der Waals surface area contributed by atoms with E-state index in [0.29, 0.717) is 0 Å². The van der Waals surface area contributed by atoms with Gasteiger partial charge in [-0.2, -0.15) is 26.3 Å². The monoisotopic (exact) mass is 602 g/mol. The Bertz CT molecular complexity index is 1080. The Kier molecular flexibility index (Phi) is 16.0. The molecule has 0 aliphatic heterocycles. The first kappa shape index (κ1) is 38.0. The summed E-state index contributed by atoms with van der Waals surface area (Å²) < 4.78 is 121. The highest BCUT2D eigenvalue weighted by Crippen LogP contribution is 2.21. The second kappa shape index (κ2) is 16.0. The lowest BCUT2D eigenvalue weighted by Gasteiger charge is -2.12. The maximum Gasteiger partial charge on any atom is 0.466 e. The predicted octanol–water partition coefficient (Wildman–Crippen LogP) is 4.21. The summed E-state index contributed by atoms with van der Waals surface area (Å²) in [6.07, 6.45) is 13.6. The van der Waals surface area contributed by atoms with Crippen molar-refractivity contribution in [3.63, 3.8) is 0 Å². The minimum atomic E-state index is -5.59. The van der Waals surface area contributed by atoms with Crippen LogP contribution in [0.25, 0.3) is 0 Å². The molecule has 2 rings (SSSR count). The van der Waals surface area contributed by atoms with Gasteiger partial charge in [-0.15, -0.1) is 0 Å². The molecule has 0 fully saturated rings. The summed E-state index contributed by atoms with van der Waals surface area (Å²) in [5, 5.41) is 0. The lowest BCUT2D eigenvalue weighted by molar-refractivity contribution is -0.677. The van der Waals surface area contributed by atoms with E-state index in [1.807, 2.05) is 0 Å². The van der Waals surface area contributed by atoms with Crippen molar-refractivity contribution in [2.24, 2.45) is 14.1 Å². The molecule has 0 aliphatic rings. The fourth-order valence-electron chi connectivity index (χ4n) is 2.33. The topological polar surface area (TPSA) is 146 Å². The van der Waals surface area contributed by atoms with Crippen LogP contribution in [0, 0.1) is 23.4 Å². The molecular formula is C20H36F6N6O4S2.